The summed E-state index contributed by atoms with van der Waals surface area (Å²) in [5.41, 5.74) is 4.51. The van der Waals surface area contributed by atoms with Gasteiger partial charge in [-0.25, -0.2) is 15.0 Å². The van der Waals surface area contributed by atoms with Crippen LogP contribution in [-0.4, -0.2) is 30.0 Å². The number of rotatable bonds is 7. The third-order valence-corrected chi connectivity index (χ3v) is 7.18. The van der Waals surface area contributed by atoms with Gasteiger partial charge in [0.15, 0.2) is 0 Å². The first-order valence-corrected chi connectivity index (χ1v) is 13.4. The minimum atomic E-state index is -0.0794. The first kappa shape index (κ1) is 24.1. The molecule has 0 aliphatic carbocycles. The summed E-state index contributed by atoms with van der Waals surface area (Å²) in [6, 6.07) is 38.5. The summed E-state index contributed by atoms with van der Waals surface area (Å²) in [7, 11) is 0. The maximum atomic E-state index is 6.36. The molecule has 196 valence electrons. The summed E-state index contributed by atoms with van der Waals surface area (Å²) >= 11 is 0. The lowest BCUT2D eigenvalue weighted by atomic mass is 10.1. The van der Waals surface area contributed by atoms with Crippen LogP contribution in [-0.2, 0) is 16.1 Å². The summed E-state index contributed by atoms with van der Waals surface area (Å²) in [4.78, 5) is 14.6. The molecule has 1 aromatic heterocycles. The van der Waals surface area contributed by atoms with Crippen LogP contribution in [0.1, 0.15) is 40.2 Å². The Morgan fingerprint density at radius 1 is 0.625 bits per heavy atom. The largest absolute Gasteiger partial charge is 0.489 e. The van der Waals surface area contributed by atoms with Gasteiger partial charge in [0.1, 0.15) is 49.0 Å². The van der Waals surface area contributed by atoms with E-state index in [1.54, 1.807) is 0 Å². The van der Waals surface area contributed by atoms with Crippen LogP contribution in [0.3, 0.4) is 0 Å². The molecular formula is C34H27N3O3. The van der Waals surface area contributed by atoms with Crippen LogP contribution in [0.5, 0.6) is 5.75 Å². The van der Waals surface area contributed by atoms with E-state index in [1.807, 2.05) is 60.7 Å². The van der Waals surface area contributed by atoms with Gasteiger partial charge in [0, 0.05) is 12.1 Å². The molecule has 6 heteroatoms. The molecule has 2 aliphatic heterocycles. The average Bonchev–Trinajstić information content (AvgIpc) is 3.72. The molecule has 0 fully saturated rings. The number of fused-ring (bicyclic) bond motifs is 1. The number of hydrogen-bond acceptors (Lipinski definition) is 6. The number of benzene rings is 4. The molecule has 0 radical (unpaired) electrons. The number of ether oxygens (including phenoxy) is 3. The summed E-state index contributed by atoms with van der Waals surface area (Å²) in [5.74, 6) is 1.63. The normalized spacial score (nSPS) is 18.1. The van der Waals surface area contributed by atoms with E-state index in [4.69, 9.17) is 29.2 Å². The topological polar surface area (TPSA) is 65.3 Å². The lowest BCUT2D eigenvalue weighted by molar-refractivity contribution is 0.304. The zero-order valence-corrected chi connectivity index (χ0v) is 21.8. The van der Waals surface area contributed by atoms with E-state index in [0.717, 1.165) is 16.7 Å². The van der Waals surface area contributed by atoms with Crippen molar-refractivity contribution in [2.75, 3.05) is 13.2 Å². The highest BCUT2D eigenvalue weighted by atomic mass is 16.5. The first-order chi connectivity index (χ1) is 19.8. The molecule has 0 N–H and O–H groups in total. The number of aromatic nitrogens is 1. The van der Waals surface area contributed by atoms with E-state index in [2.05, 4.69) is 54.6 Å². The first-order valence-electron chi connectivity index (χ1n) is 13.4. The predicted octanol–water partition coefficient (Wildman–Crippen LogP) is 6.85. The van der Waals surface area contributed by atoms with Crippen LogP contribution in [0, 0.1) is 0 Å². The third kappa shape index (κ3) is 4.92. The van der Waals surface area contributed by atoms with E-state index < -0.39 is 0 Å². The standard InChI is InChI=1S/C34H27N3O3/c1-3-11-24(12-4-1)31-21-39-33(36-31)29-18-27(38-20-26-16-9-15-23-10-7-8-17-28(23)26)19-30(35-29)34-37-32(22-40-34)25-13-5-2-6-14-25/h1-19,31-32H,20-22H2. The fraction of sp³-hybridized carbons (Fsp3) is 0.147. The zero-order chi connectivity index (χ0) is 26.7. The van der Waals surface area contributed by atoms with Gasteiger partial charge in [-0.1, -0.05) is 103 Å². The zero-order valence-electron chi connectivity index (χ0n) is 21.8. The van der Waals surface area contributed by atoms with Gasteiger partial charge in [0.2, 0.25) is 11.8 Å². The SMILES string of the molecule is c1ccc(C2COC(c3cc(OCc4cccc5ccccc45)cc(C4=NC(c5ccccc5)CO4)n3)=N2)cc1. The van der Waals surface area contributed by atoms with Crippen molar-refractivity contribution in [2.45, 2.75) is 18.7 Å². The smallest absolute Gasteiger partial charge is 0.236 e. The average molecular weight is 526 g/mol. The summed E-state index contributed by atoms with van der Waals surface area (Å²) < 4.78 is 18.4. The van der Waals surface area contributed by atoms with Crippen molar-refractivity contribution in [3.63, 3.8) is 0 Å². The van der Waals surface area contributed by atoms with Crippen molar-refractivity contribution in [3.8, 4) is 5.75 Å². The Hall–Kier alpha value is -4.97. The molecule has 2 atom stereocenters. The highest BCUT2D eigenvalue weighted by molar-refractivity contribution is 5.98. The van der Waals surface area contributed by atoms with Gasteiger partial charge in [-0.3, -0.25) is 0 Å². The van der Waals surface area contributed by atoms with Crippen LogP contribution in [0.4, 0.5) is 0 Å². The van der Waals surface area contributed by atoms with Crippen molar-refractivity contribution in [1.82, 2.24) is 4.98 Å². The quantitative estimate of drug-likeness (QED) is 0.233. The van der Waals surface area contributed by atoms with Crippen molar-refractivity contribution in [2.24, 2.45) is 9.98 Å². The van der Waals surface area contributed by atoms with E-state index in [0.29, 0.717) is 48.8 Å². The second-order valence-corrected chi connectivity index (χ2v) is 9.84. The molecule has 0 amide bonds. The molecule has 5 aromatic rings. The minimum absolute atomic E-state index is 0.0794. The summed E-state index contributed by atoms with van der Waals surface area (Å²) in [5, 5.41) is 2.35. The van der Waals surface area contributed by atoms with Crippen LogP contribution >= 0.6 is 0 Å². The van der Waals surface area contributed by atoms with Gasteiger partial charge in [-0.15, -0.1) is 0 Å². The summed E-state index contributed by atoms with van der Waals surface area (Å²) in [6.45, 7) is 1.33. The maximum Gasteiger partial charge on any atom is 0.236 e. The van der Waals surface area contributed by atoms with Crippen LogP contribution in [0.15, 0.2) is 125 Å². The maximum absolute atomic E-state index is 6.36. The number of hydrogen-bond donors (Lipinski definition) is 0. The lowest BCUT2D eigenvalue weighted by Gasteiger charge is -2.12. The number of pyridine rings is 1. The molecule has 4 aromatic carbocycles. The Labute approximate surface area is 232 Å². The summed E-state index contributed by atoms with van der Waals surface area (Å²) in [6.07, 6.45) is 0. The molecule has 0 saturated heterocycles. The van der Waals surface area contributed by atoms with Crippen LogP contribution < -0.4 is 4.74 Å². The fourth-order valence-corrected chi connectivity index (χ4v) is 5.11. The van der Waals surface area contributed by atoms with E-state index >= 15 is 0 Å². The van der Waals surface area contributed by atoms with E-state index in [1.165, 1.54) is 10.8 Å². The molecule has 0 spiro atoms. The Balaban J connectivity index is 1.22. The highest BCUT2D eigenvalue weighted by Crippen LogP contribution is 2.29. The van der Waals surface area contributed by atoms with Gasteiger partial charge in [0.05, 0.1) is 0 Å². The Morgan fingerprint density at radius 2 is 1.18 bits per heavy atom. The highest BCUT2D eigenvalue weighted by Gasteiger charge is 2.27. The number of aliphatic imine (C=N–C) groups is 2. The molecular weight excluding hydrogens is 498 g/mol. The molecule has 7 rings (SSSR count). The molecule has 2 aliphatic rings. The Bertz CT molecular complexity index is 1630. The Kier molecular flexibility index (Phi) is 6.42. The van der Waals surface area contributed by atoms with Gasteiger partial charge < -0.3 is 14.2 Å². The van der Waals surface area contributed by atoms with Crippen molar-refractivity contribution >= 4 is 22.6 Å². The van der Waals surface area contributed by atoms with Crippen molar-refractivity contribution < 1.29 is 14.2 Å². The number of nitrogens with zero attached hydrogens (tertiary/aromatic N) is 3. The Morgan fingerprint density at radius 3 is 1.80 bits per heavy atom. The minimum Gasteiger partial charge on any atom is -0.489 e. The monoisotopic (exact) mass is 525 g/mol. The van der Waals surface area contributed by atoms with Gasteiger partial charge in [-0.2, -0.15) is 0 Å². The van der Waals surface area contributed by atoms with E-state index in [9.17, 15) is 0 Å². The molecule has 6 nitrogen and oxygen atoms in total. The second kappa shape index (κ2) is 10.7. The molecule has 3 heterocycles. The lowest BCUT2D eigenvalue weighted by Crippen LogP contribution is -2.11. The van der Waals surface area contributed by atoms with Crippen LogP contribution in [0.2, 0.25) is 0 Å². The molecule has 0 bridgehead atoms. The van der Waals surface area contributed by atoms with Crippen LogP contribution in [0.25, 0.3) is 10.8 Å². The van der Waals surface area contributed by atoms with Gasteiger partial charge in [0.25, 0.3) is 0 Å². The third-order valence-electron chi connectivity index (χ3n) is 7.18. The van der Waals surface area contributed by atoms with Gasteiger partial charge in [-0.05, 0) is 27.5 Å². The molecule has 2 unspecified atom stereocenters. The van der Waals surface area contributed by atoms with Crippen molar-refractivity contribution in [1.29, 1.82) is 0 Å². The van der Waals surface area contributed by atoms with Crippen molar-refractivity contribution in [3.05, 3.63) is 143 Å². The predicted molar refractivity (Wildman–Crippen MR) is 156 cm³/mol. The molecule has 0 saturated carbocycles. The fourth-order valence-electron chi connectivity index (χ4n) is 5.11. The van der Waals surface area contributed by atoms with E-state index in [-0.39, 0.29) is 12.1 Å². The van der Waals surface area contributed by atoms with Gasteiger partial charge >= 0.3 is 0 Å². The second-order valence-electron chi connectivity index (χ2n) is 9.84. The molecule has 40 heavy (non-hydrogen) atoms.